The Morgan fingerprint density at radius 1 is 1.29 bits per heavy atom. The summed E-state index contributed by atoms with van der Waals surface area (Å²) in [5, 5.41) is 6.82. The standard InChI is InChI=1S/C14H22N2O/c1-10-5-14(17-3)11(2)4-13(10)9-16-8-12-6-15-7-12/h4-5,12,15-16H,6-9H2,1-3H3. The van der Waals surface area contributed by atoms with Gasteiger partial charge in [0.2, 0.25) is 0 Å². The smallest absolute Gasteiger partial charge is 0.122 e. The summed E-state index contributed by atoms with van der Waals surface area (Å²) in [4.78, 5) is 0. The molecule has 94 valence electrons. The van der Waals surface area contributed by atoms with Crippen LogP contribution in [0.25, 0.3) is 0 Å². The molecule has 3 nitrogen and oxygen atoms in total. The lowest BCUT2D eigenvalue weighted by molar-refractivity contribution is 0.331. The van der Waals surface area contributed by atoms with E-state index in [-0.39, 0.29) is 0 Å². The fourth-order valence-electron chi connectivity index (χ4n) is 2.16. The van der Waals surface area contributed by atoms with Crippen molar-refractivity contribution in [3.8, 4) is 5.75 Å². The predicted octanol–water partition coefficient (Wildman–Crippen LogP) is 1.62. The van der Waals surface area contributed by atoms with Gasteiger partial charge >= 0.3 is 0 Å². The number of nitrogens with one attached hydrogen (secondary N) is 2. The van der Waals surface area contributed by atoms with E-state index in [0.29, 0.717) is 0 Å². The van der Waals surface area contributed by atoms with E-state index in [1.54, 1.807) is 7.11 Å². The average molecular weight is 234 g/mol. The molecule has 1 aliphatic heterocycles. The molecule has 0 aliphatic carbocycles. The Labute approximate surface area is 104 Å². The van der Waals surface area contributed by atoms with Crippen LogP contribution in [-0.4, -0.2) is 26.7 Å². The molecule has 2 rings (SSSR count). The second kappa shape index (κ2) is 5.52. The maximum Gasteiger partial charge on any atom is 0.122 e. The topological polar surface area (TPSA) is 33.3 Å². The highest BCUT2D eigenvalue weighted by Gasteiger charge is 2.15. The fourth-order valence-corrected chi connectivity index (χ4v) is 2.16. The van der Waals surface area contributed by atoms with Gasteiger partial charge in [-0.05, 0) is 42.5 Å². The molecule has 0 saturated carbocycles. The lowest BCUT2D eigenvalue weighted by atomic mass is 10.0. The first kappa shape index (κ1) is 12.4. The number of hydrogen-bond acceptors (Lipinski definition) is 3. The van der Waals surface area contributed by atoms with Crippen molar-refractivity contribution in [3.63, 3.8) is 0 Å². The van der Waals surface area contributed by atoms with Crippen LogP contribution in [0.5, 0.6) is 5.75 Å². The minimum atomic E-state index is 0.814. The van der Waals surface area contributed by atoms with Crippen LogP contribution in [0.2, 0.25) is 0 Å². The maximum absolute atomic E-state index is 5.32. The Morgan fingerprint density at radius 3 is 2.65 bits per heavy atom. The Hall–Kier alpha value is -1.06. The van der Waals surface area contributed by atoms with Gasteiger partial charge in [-0.15, -0.1) is 0 Å². The number of hydrogen-bond donors (Lipinski definition) is 2. The zero-order valence-corrected chi connectivity index (χ0v) is 11.0. The minimum absolute atomic E-state index is 0.814. The Morgan fingerprint density at radius 2 is 2.06 bits per heavy atom. The summed E-state index contributed by atoms with van der Waals surface area (Å²) >= 11 is 0. The van der Waals surface area contributed by atoms with Gasteiger partial charge in [-0.25, -0.2) is 0 Å². The van der Waals surface area contributed by atoms with Gasteiger partial charge in [0.05, 0.1) is 7.11 Å². The normalized spacial score (nSPS) is 15.7. The van der Waals surface area contributed by atoms with E-state index < -0.39 is 0 Å². The zero-order chi connectivity index (χ0) is 12.3. The van der Waals surface area contributed by atoms with Crippen molar-refractivity contribution in [2.45, 2.75) is 20.4 Å². The van der Waals surface area contributed by atoms with Gasteiger partial charge in [0.25, 0.3) is 0 Å². The fraction of sp³-hybridized carbons (Fsp3) is 0.571. The first-order valence-electron chi connectivity index (χ1n) is 6.26. The molecule has 0 amide bonds. The van der Waals surface area contributed by atoms with Gasteiger partial charge < -0.3 is 15.4 Å². The summed E-state index contributed by atoms with van der Waals surface area (Å²) < 4.78 is 5.32. The van der Waals surface area contributed by atoms with E-state index in [4.69, 9.17) is 4.74 Å². The highest BCUT2D eigenvalue weighted by molar-refractivity contribution is 5.41. The van der Waals surface area contributed by atoms with E-state index in [1.165, 1.54) is 16.7 Å². The molecule has 1 heterocycles. The number of aryl methyl sites for hydroxylation is 2. The molecule has 2 N–H and O–H groups in total. The summed E-state index contributed by atoms with van der Waals surface area (Å²) in [7, 11) is 1.73. The van der Waals surface area contributed by atoms with Crippen molar-refractivity contribution in [1.82, 2.24) is 10.6 Å². The van der Waals surface area contributed by atoms with Crippen molar-refractivity contribution in [1.29, 1.82) is 0 Å². The SMILES string of the molecule is COc1cc(C)c(CNCC2CNC2)cc1C. The lowest BCUT2D eigenvalue weighted by Gasteiger charge is -2.27. The van der Waals surface area contributed by atoms with Gasteiger partial charge in [-0.2, -0.15) is 0 Å². The monoisotopic (exact) mass is 234 g/mol. The van der Waals surface area contributed by atoms with E-state index >= 15 is 0 Å². The van der Waals surface area contributed by atoms with Crippen molar-refractivity contribution in [3.05, 3.63) is 28.8 Å². The van der Waals surface area contributed by atoms with Crippen LogP contribution in [0, 0.1) is 19.8 Å². The van der Waals surface area contributed by atoms with Gasteiger partial charge in [-0.1, -0.05) is 6.07 Å². The largest absolute Gasteiger partial charge is 0.496 e. The molecular formula is C14H22N2O. The summed E-state index contributed by atoms with van der Waals surface area (Å²) in [5.74, 6) is 1.80. The van der Waals surface area contributed by atoms with Crippen LogP contribution in [0.1, 0.15) is 16.7 Å². The van der Waals surface area contributed by atoms with Crippen molar-refractivity contribution < 1.29 is 4.74 Å². The van der Waals surface area contributed by atoms with Crippen LogP contribution in [0.3, 0.4) is 0 Å². The van der Waals surface area contributed by atoms with Crippen molar-refractivity contribution in [2.24, 2.45) is 5.92 Å². The van der Waals surface area contributed by atoms with Crippen LogP contribution >= 0.6 is 0 Å². The average Bonchev–Trinajstić information content (AvgIpc) is 2.25. The quantitative estimate of drug-likeness (QED) is 0.812. The first-order chi connectivity index (χ1) is 8.20. The number of benzene rings is 1. The van der Waals surface area contributed by atoms with E-state index in [2.05, 4.69) is 36.6 Å². The number of methoxy groups -OCH3 is 1. The molecule has 3 heteroatoms. The van der Waals surface area contributed by atoms with Gasteiger partial charge in [0, 0.05) is 26.2 Å². The summed E-state index contributed by atoms with van der Waals surface area (Å²) in [6, 6.07) is 4.34. The van der Waals surface area contributed by atoms with Crippen LogP contribution in [0.4, 0.5) is 0 Å². The highest BCUT2D eigenvalue weighted by atomic mass is 16.5. The molecular weight excluding hydrogens is 212 g/mol. The molecule has 1 aliphatic rings. The third-order valence-electron chi connectivity index (χ3n) is 3.47. The molecule has 1 fully saturated rings. The maximum atomic E-state index is 5.32. The van der Waals surface area contributed by atoms with Crippen LogP contribution < -0.4 is 15.4 Å². The molecule has 1 aromatic carbocycles. The minimum Gasteiger partial charge on any atom is -0.496 e. The molecule has 0 radical (unpaired) electrons. The third kappa shape index (κ3) is 2.99. The second-order valence-electron chi connectivity index (χ2n) is 4.90. The molecule has 1 aromatic rings. The molecule has 1 saturated heterocycles. The molecule has 0 atom stereocenters. The Bertz CT molecular complexity index is 386. The zero-order valence-electron chi connectivity index (χ0n) is 11.0. The van der Waals surface area contributed by atoms with E-state index in [9.17, 15) is 0 Å². The van der Waals surface area contributed by atoms with Gasteiger partial charge in [-0.3, -0.25) is 0 Å². The summed E-state index contributed by atoms with van der Waals surface area (Å²) in [6.45, 7) is 8.62. The first-order valence-corrected chi connectivity index (χ1v) is 6.26. The van der Waals surface area contributed by atoms with Gasteiger partial charge in [0.15, 0.2) is 0 Å². The van der Waals surface area contributed by atoms with E-state index in [1.807, 2.05) is 0 Å². The number of ether oxygens (including phenoxy) is 1. The molecule has 0 aromatic heterocycles. The lowest BCUT2D eigenvalue weighted by Crippen LogP contribution is -2.47. The van der Waals surface area contributed by atoms with E-state index in [0.717, 1.165) is 37.8 Å². The second-order valence-corrected chi connectivity index (χ2v) is 4.90. The molecule has 17 heavy (non-hydrogen) atoms. The van der Waals surface area contributed by atoms with Crippen molar-refractivity contribution in [2.75, 3.05) is 26.7 Å². The van der Waals surface area contributed by atoms with Crippen molar-refractivity contribution >= 4 is 0 Å². The third-order valence-corrected chi connectivity index (χ3v) is 3.47. The summed E-state index contributed by atoms with van der Waals surface area (Å²) in [5.41, 5.74) is 3.88. The Kier molecular flexibility index (Phi) is 4.02. The number of rotatable bonds is 5. The predicted molar refractivity (Wildman–Crippen MR) is 70.5 cm³/mol. The summed E-state index contributed by atoms with van der Waals surface area (Å²) in [6.07, 6.45) is 0. The molecule has 0 unspecified atom stereocenters. The highest BCUT2D eigenvalue weighted by Crippen LogP contribution is 2.22. The van der Waals surface area contributed by atoms with Crippen LogP contribution in [-0.2, 0) is 6.54 Å². The van der Waals surface area contributed by atoms with Crippen LogP contribution in [0.15, 0.2) is 12.1 Å². The Balaban J connectivity index is 1.92. The molecule has 0 bridgehead atoms. The molecule has 0 spiro atoms. The van der Waals surface area contributed by atoms with Gasteiger partial charge in [0.1, 0.15) is 5.75 Å².